The van der Waals surface area contributed by atoms with E-state index in [0.717, 1.165) is 46.3 Å². The number of hydrogen-bond donors (Lipinski definition) is 2. The van der Waals surface area contributed by atoms with Crippen LogP contribution in [0.5, 0.6) is 0 Å². The lowest BCUT2D eigenvalue weighted by Crippen LogP contribution is -2.19. The van der Waals surface area contributed by atoms with Crippen molar-refractivity contribution in [2.24, 2.45) is 5.92 Å². The number of benzene rings is 1. The summed E-state index contributed by atoms with van der Waals surface area (Å²) in [4.78, 5) is 28.7. The molecule has 0 saturated carbocycles. The lowest BCUT2D eigenvalue weighted by molar-refractivity contribution is 0.582. The molecule has 3 aromatic rings. The molecule has 6 nitrogen and oxygen atoms in total. The van der Waals surface area contributed by atoms with E-state index in [1.165, 1.54) is 0 Å². The van der Waals surface area contributed by atoms with Crippen LogP contribution < -0.4 is 10.9 Å². The smallest absolute Gasteiger partial charge is 0.255 e. The zero-order valence-corrected chi connectivity index (χ0v) is 16.0. The maximum atomic E-state index is 12.4. The van der Waals surface area contributed by atoms with Gasteiger partial charge < -0.3 is 0 Å². The molecule has 1 aromatic carbocycles. The molecule has 0 aliphatic rings. The number of hydrogen-bond acceptors (Lipinski definition) is 5. The van der Waals surface area contributed by atoms with E-state index in [0.29, 0.717) is 17.8 Å². The molecule has 0 aliphatic heterocycles. The Kier molecular flexibility index (Phi) is 5.02. The number of aryl methyl sites for hydroxylation is 3. The zero-order valence-electron chi connectivity index (χ0n) is 16.0. The molecule has 2 aromatic heterocycles. The highest BCUT2D eigenvalue weighted by molar-refractivity contribution is 5.82. The van der Waals surface area contributed by atoms with Crippen LogP contribution in [0.2, 0.25) is 0 Å². The molecule has 0 bridgehead atoms. The Labute approximate surface area is 153 Å². The van der Waals surface area contributed by atoms with Crippen LogP contribution in [0.3, 0.4) is 0 Å². The van der Waals surface area contributed by atoms with E-state index in [1.54, 1.807) is 0 Å². The third-order valence-corrected chi connectivity index (χ3v) is 4.47. The van der Waals surface area contributed by atoms with Gasteiger partial charge in [0.2, 0.25) is 11.9 Å². The predicted molar refractivity (Wildman–Crippen MR) is 105 cm³/mol. The predicted octanol–water partition coefficient (Wildman–Crippen LogP) is 3.97. The summed E-state index contributed by atoms with van der Waals surface area (Å²) in [5, 5.41) is 4.06. The maximum Gasteiger partial charge on any atom is 0.255 e. The summed E-state index contributed by atoms with van der Waals surface area (Å²) in [6.45, 7) is 10.1. The maximum absolute atomic E-state index is 12.4. The number of anilines is 2. The van der Waals surface area contributed by atoms with Crippen molar-refractivity contribution in [3.05, 3.63) is 51.1 Å². The van der Waals surface area contributed by atoms with E-state index >= 15 is 0 Å². The molecule has 0 saturated heterocycles. The lowest BCUT2D eigenvalue weighted by atomic mass is 10.0. The normalized spacial score (nSPS) is 11.3. The van der Waals surface area contributed by atoms with Gasteiger partial charge in [-0.05, 0) is 51.2 Å². The highest BCUT2D eigenvalue weighted by Crippen LogP contribution is 2.20. The summed E-state index contributed by atoms with van der Waals surface area (Å²) in [5.74, 6) is 1.34. The Morgan fingerprint density at radius 3 is 2.54 bits per heavy atom. The molecule has 26 heavy (non-hydrogen) atoms. The van der Waals surface area contributed by atoms with E-state index in [2.05, 4.69) is 39.1 Å². The fraction of sp³-hybridized carbons (Fsp3) is 0.400. The van der Waals surface area contributed by atoms with Gasteiger partial charge in [-0.25, -0.2) is 15.0 Å². The van der Waals surface area contributed by atoms with Crippen LogP contribution in [-0.4, -0.2) is 19.9 Å². The first-order valence-corrected chi connectivity index (χ1v) is 8.95. The van der Waals surface area contributed by atoms with Crippen molar-refractivity contribution >= 4 is 22.8 Å². The Hall–Kier alpha value is -2.76. The second-order valence-corrected chi connectivity index (χ2v) is 7.19. The summed E-state index contributed by atoms with van der Waals surface area (Å²) < 4.78 is 0. The van der Waals surface area contributed by atoms with Crippen LogP contribution in [-0.2, 0) is 6.42 Å². The third-order valence-electron chi connectivity index (χ3n) is 4.47. The average Bonchev–Trinajstić information content (AvgIpc) is 2.53. The van der Waals surface area contributed by atoms with Crippen molar-refractivity contribution in [3.8, 4) is 0 Å². The van der Waals surface area contributed by atoms with E-state index in [9.17, 15) is 4.79 Å². The molecule has 0 fully saturated rings. The minimum absolute atomic E-state index is 0.103. The molecule has 0 aliphatic carbocycles. The molecule has 3 rings (SSSR count). The fourth-order valence-electron chi connectivity index (χ4n) is 2.96. The van der Waals surface area contributed by atoms with Gasteiger partial charge in [-0.1, -0.05) is 26.0 Å². The minimum atomic E-state index is -0.103. The summed E-state index contributed by atoms with van der Waals surface area (Å²) in [5.41, 5.74) is 4.27. The number of nitrogens with one attached hydrogen (secondary N) is 2. The van der Waals surface area contributed by atoms with E-state index in [1.807, 2.05) is 39.0 Å². The molecule has 0 radical (unpaired) electrons. The lowest BCUT2D eigenvalue weighted by Gasteiger charge is -2.10. The first-order valence-electron chi connectivity index (χ1n) is 8.95. The molecular weight excluding hydrogens is 326 g/mol. The van der Waals surface area contributed by atoms with Crippen LogP contribution in [0.1, 0.15) is 42.8 Å². The second kappa shape index (κ2) is 7.23. The van der Waals surface area contributed by atoms with Crippen molar-refractivity contribution in [2.45, 2.75) is 47.5 Å². The average molecular weight is 351 g/mol. The SMILES string of the molecule is Cc1ccc2c(C)nc(Nc3nc(C)c(CCC(C)C)c(=O)[nH]3)nc2c1. The zero-order chi connectivity index (χ0) is 18.8. The second-order valence-electron chi connectivity index (χ2n) is 7.19. The molecule has 2 heterocycles. The van der Waals surface area contributed by atoms with Crippen molar-refractivity contribution in [1.29, 1.82) is 0 Å². The standard InChI is InChI=1S/C20H25N5O/c1-11(2)6-8-16-14(5)22-20(24-18(16)26)25-19-21-13(4)15-9-7-12(3)10-17(15)23-19/h7,9-11H,6,8H2,1-5H3,(H2,21,22,23,24,25,26). The first kappa shape index (κ1) is 18.0. The van der Waals surface area contributed by atoms with Crippen LogP contribution in [0.4, 0.5) is 11.9 Å². The summed E-state index contributed by atoms with van der Waals surface area (Å²) in [7, 11) is 0. The van der Waals surface area contributed by atoms with Gasteiger partial charge in [-0.3, -0.25) is 15.1 Å². The van der Waals surface area contributed by atoms with Crippen LogP contribution >= 0.6 is 0 Å². The molecule has 0 spiro atoms. The highest BCUT2D eigenvalue weighted by Gasteiger charge is 2.11. The van der Waals surface area contributed by atoms with Gasteiger partial charge in [-0.2, -0.15) is 0 Å². The van der Waals surface area contributed by atoms with E-state index in [-0.39, 0.29) is 5.56 Å². The Bertz CT molecular complexity index is 1010. The van der Waals surface area contributed by atoms with Crippen LogP contribution in [0, 0.1) is 26.7 Å². The van der Waals surface area contributed by atoms with Gasteiger partial charge in [0.15, 0.2) is 0 Å². The molecule has 136 valence electrons. The Morgan fingerprint density at radius 2 is 1.85 bits per heavy atom. The topological polar surface area (TPSA) is 83.6 Å². The quantitative estimate of drug-likeness (QED) is 0.726. The van der Waals surface area contributed by atoms with Gasteiger partial charge in [0.25, 0.3) is 5.56 Å². The van der Waals surface area contributed by atoms with Gasteiger partial charge in [0.05, 0.1) is 11.2 Å². The minimum Gasteiger partial charge on any atom is -0.294 e. The van der Waals surface area contributed by atoms with Crippen molar-refractivity contribution in [1.82, 2.24) is 19.9 Å². The van der Waals surface area contributed by atoms with E-state index in [4.69, 9.17) is 0 Å². The third kappa shape index (κ3) is 3.90. The fourth-order valence-corrected chi connectivity index (χ4v) is 2.96. The summed E-state index contributed by atoms with van der Waals surface area (Å²) >= 11 is 0. The van der Waals surface area contributed by atoms with Gasteiger partial charge in [-0.15, -0.1) is 0 Å². The molecule has 0 amide bonds. The van der Waals surface area contributed by atoms with Crippen LogP contribution in [0.25, 0.3) is 10.9 Å². The van der Waals surface area contributed by atoms with E-state index < -0.39 is 0 Å². The molecule has 0 unspecified atom stereocenters. The number of aromatic amines is 1. The Morgan fingerprint density at radius 1 is 1.08 bits per heavy atom. The highest BCUT2D eigenvalue weighted by atomic mass is 16.1. The van der Waals surface area contributed by atoms with Gasteiger partial charge in [0, 0.05) is 16.6 Å². The Balaban J connectivity index is 1.91. The molecular formula is C20H25N5O. The number of aromatic nitrogens is 4. The number of fused-ring (bicyclic) bond motifs is 1. The number of rotatable bonds is 5. The van der Waals surface area contributed by atoms with Crippen molar-refractivity contribution < 1.29 is 0 Å². The van der Waals surface area contributed by atoms with Crippen LogP contribution in [0.15, 0.2) is 23.0 Å². The first-order chi connectivity index (χ1) is 12.3. The monoisotopic (exact) mass is 351 g/mol. The number of H-pyrrole nitrogens is 1. The molecule has 2 N–H and O–H groups in total. The van der Waals surface area contributed by atoms with Gasteiger partial charge in [0.1, 0.15) is 0 Å². The largest absolute Gasteiger partial charge is 0.294 e. The van der Waals surface area contributed by atoms with Gasteiger partial charge >= 0.3 is 0 Å². The molecule has 0 atom stereocenters. The summed E-state index contributed by atoms with van der Waals surface area (Å²) in [6, 6.07) is 6.09. The summed E-state index contributed by atoms with van der Waals surface area (Å²) in [6.07, 6.45) is 1.70. The van der Waals surface area contributed by atoms with Crippen molar-refractivity contribution in [2.75, 3.05) is 5.32 Å². The number of nitrogens with zero attached hydrogens (tertiary/aromatic N) is 3. The molecule has 6 heteroatoms. The van der Waals surface area contributed by atoms with Crippen molar-refractivity contribution in [3.63, 3.8) is 0 Å².